The van der Waals surface area contributed by atoms with Gasteiger partial charge in [0.15, 0.2) is 0 Å². The standard InChI is InChI=1S/C15H15BrN2O2/c1-9-3-4-10(7-14(9)20-2)15(19)18-13-8-11(17)5-6-12(13)16/h3-8H,17H2,1-2H3,(H,18,19). The van der Waals surface area contributed by atoms with Gasteiger partial charge in [0.1, 0.15) is 5.75 Å². The summed E-state index contributed by atoms with van der Waals surface area (Å²) < 4.78 is 6.00. The van der Waals surface area contributed by atoms with Crippen molar-refractivity contribution >= 4 is 33.2 Å². The molecule has 104 valence electrons. The third-order valence-corrected chi connectivity index (χ3v) is 3.60. The Kier molecular flexibility index (Phi) is 4.29. The van der Waals surface area contributed by atoms with E-state index >= 15 is 0 Å². The third-order valence-electron chi connectivity index (χ3n) is 2.91. The van der Waals surface area contributed by atoms with Gasteiger partial charge in [0, 0.05) is 15.7 Å². The molecule has 0 saturated carbocycles. The molecule has 2 rings (SSSR count). The molecular weight excluding hydrogens is 320 g/mol. The maximum Gasteiger partial charge on any atom is 0.255 e. The Morgan fingerprint density at radius 3 is 2.70 bits per heavy atom. The van der Waals surface area contributed by atoms with Crippen LogP contribution in [0.15, 0.2) is 40.9 Å². The lowest BCUT2D eigenvalue weighted by molar-refractivity contribution is 0.102. The molecule has 0 aliphatic carbocycles. The summed E-state index contributed by atoms with van der Waals surface area (Å²) in [7, 11) is 1.58. The van der Waals surface area contributed by atoms with E-state index in [0.29, 0.717) is 22.7 Å². The van der Waals surface area contributed by atoms with Gasteiger partial charge >= 0.3 is 0 Å². The summed E-state index contributed by atoms with van der Waals surface area (Å²) in [6.45, 7) is 1.93. The second-order valence-corrected chi connectivity index (χ2v) is 5.23. The fraction of sp³-hybridized carbons (Fsp3) is 0.133. The monoisotopic (exact) mass is 334 g/mol. The molecule has 0 atom stereocenters. The van der Waals surface area contributed by atoms with Gasteiger partial charge in [0.25, 0.3) is 5.91 Å². The van der Waals surface area contributed by atoms with Crippen LogP contribution in [0.2, 0.25) is 0 Å². The lowest BCUT2D eigenvalue weighted by Crippen LogP contribution is -2.12. The van der Waals surface area contributed by atoms with Crippen molar-refractivity contribution in [2.45, 2.75) is 6.92 Å². The molecule has 0 heterocycles. The van der Waals surface area contributed by atoms with E-state index in [1.54, 1.807) is 37.4 Å². The fourth-order valence-corrected chi connectivity index (χ4v) is 2.14. The van der Waals surface area contributed by atoms with Crippen LogP contribution in [0, 0.1) is 6.92 Å². The highest BCUT2D eigenvalue weighted by molar-refractivity contribution is 9.10. The number of rotatable bonds is 3. The molecule has 2 aromatic carbocycles. The number of methoxy groups -OCH3 is 1. The predicted octanol–water partition coefficient (Wildman–Crippen LogP) is 3.60. The number of benzene rings is 2. The molecule has 4 nitrogen and oxygen atoms in total. The van der Waals surface area contributed by atoms with E-state index in [0.717, 1.165) is 10.0 Å². The number of ether oxygens (including phenoxy) is 1. The summed E-state index contributed by atoms with van der Waals surface area (Å²) in [5.74, 6) is 0.471. The van der Waals surface area contributed by atoms with Gasteiger partial charge in [-0.3, -0.25) is 4.79 Å². The second-order valence-electron chi connectivity index (χ2n) is 4.38. The van der Waals surface area contributed by atoms with E-state index in [1.807, 2.05) is 13.0 Å². The van der Waals surface area contributed by atoms with Crippen molar-refractivity contribution in [3.63, 3.8) is 0 Å². The highest BCUT2D eigenvalue weighted by Crippen LogP contribution is 2.26. The second kappa shape index (κ2) is 5.96. The molecular formula is C15H15BrN2O2. The highest BCUT2D eigenvalue weighted by atomic mass is 79.9. The highest BCUT2D eigenvalue weighted by Gasteiger charge is 2.10. The van der Waals surface area contributed by atoms with Crippen LogP contribution >= 0.6 is 15.9 Å². The Morgan fingerprint density at radius 1 is 1.25 bits per heavy atom. The zero-order valence-corrected chi connectivity index (χ0v) is 12.8. The molecule has 2 aromatic rings. The number of nitrogens with one attached hydrogen (secondary N) is 1. The Hall–Kier alpha value is -2.01. The average molecular weight is 335 g/mol. The minimum atomic E-state index is -0.213. The van der Waals surface area contributed by atoms with Gasteiger partial charge in [0.05, 0.1) is 12.8 Å². The quantitative estimate of drug-likeness (QED) is 0.843. The summed E-state index contributed by atoms with van der Waals surface area (Å²) in [4.78, 5) is 12.2. The predicted molar refractivity (Wildman–Crippen MR) is 84.2 cm³/mol. The van der Waals surface area contributed by atoms with Gasteiger partial charge in [-0.25, -0.2) is 0 Å². The van der Waals surface area contributed by atoms with Gasteiger partial charge in [-0.2, -0.15) is 0 Å². The number of halogens is 1. The van der Waals surface area contributed by atoms with Gasteiger partial charge in [0.2, 0.25) is 0 Å². The normalized spacial score (nSPS) is 10.2. The molecule has 0 fully saturated rings. The largest absolute Gasteiger partial charge is 0.496 e. The van der Waals surface area contributed by atoms with Crippen molar-refractivity contribution in [3.8, 4) is 5.75 Å². The summed E-state index contributed by atoms with van der Waals surface area (Å²) in [5, 5.41) is 2.82. The molecule has 0 spiro atoms. The zero-order valence-electron chi connectivity index (χ0n) is 11.2. The lowest BCUT2D eigenvalue weighted by Gasteiger charge is -2.10. The van der Waals surface area contributed by atoms with Crippen LogP contribution in [-0.2, 0) is 0 Å². The van der Waals surface area contributed by atoms with Crippen molar-refractivity contribution in [2.75, 3.05) is 18.2 Å². The van der Waals surface area contributed by atoms with Crippen molar-refractivity contribution in [1.82, 2.24) is 0 Å². The first kappa shape index (κ1) is 14.4. The molecule has 3 N–H and O–H groups in total. The number of amides is 1. The Labute approximate surface area is 126 Å². The molecule has 0 bridgehead atoms. The number of hydrogen-bond acceptors (Lipinski definition) is 3. The summed E-state index contributed by atoms with van der Waals surface area (Å²) in [6.07, 6.45) is 0. The molecule has 0 aliphatic heterocycles. The van der Waals surface area contributed by atoms with Gasteiger partial charge in [-0.05, 0) is 58.7 Å². The van der Waals surface area contributed by atoms with Crippen LogP contribution in [0.5, 0.6) is 5.75 Å². The minimum absolute atomic E-state index is 0.213. The Balaban J connectivity index is 2.26. The topological polar surface area (TPSA) is 64.3 Å². The summed E-state index contributed by atoms with van der Waals surface area (Å²) in [6, 6.07) is 10.6. The first-order valence-electron chi connectivity index (χ1n) is 6.02. The molecule has 0 unspecified atom stereocenters. The van der Waals surface area contributed by atoms with Crippen molar-refractivity contribution in [1.29, 1.82) is 0 Å². The number of nitrogens with two attached hydrogens (primary N) is 1. The van der Waals surface area contributed by atoms with Gasteiger partial charge in [-0.1, -0.05) is 6.07 Å². The van der Waals surface area contributed by atoms with E-state index in [2.05, 4.69) is 21.2 Å². The van der Waals surface area contributed by atoms with E-state index in [-0.39, 0.29) is 5.91 Å². The van der Waals surface area contributed by atoms with E-state index < -0.39 is 0 Å². The average Bonchev–Trinajstić information content (AvgIpc) is 2.43. The van der Waals surface area contributed by atoms with Gasteiger partial charge in [-0.15, -0.1) is 0 Å². The molecule has 0 radical (unpaired) electrons. The summed E-state index contributed by atoms with van der Waals surface area (Å²) in [5.41, 5.74) is 8.45. The van der Waals surface area contributed by atoms with Crippen molar-refractivity contribution in [2.24, 2.45) is 0 Å². The van der Waals surface area contributed by atoms with E-state index in [9.17, 15) is 4.79 Å². The molecule has 1 amide bonds. The van der Waals surface area contributed by atoms with Crippen LogP contribution < -0.4 is 15.8 Å². The summed E-state index contributed by atoms with van der Waals surface area (Å²) >= 11 is 3.38. The number of anilines is 2. The first-order valence-corrected chi connectivity index (χ1v) is 6.81. The maximum atomic E-state index is 12.2. The smallest absolute Gasteiger partial charge is 0.255 e. The van der Waals surface area contributed by atoms with Crippen LogP contribution in [-0.4, -0.2) is 13.0 Å². The molecule has 0 saturated heterocycles. The molecule has 0 aliphatic rings. The molecule has 0 aromatic heterocycles. The molecule has 20 heavy (non-hydrogen) atoms. The zero-order chi connectivity index (χ0) is 14.7. The Morgan fingerprint density at radius 2 is 2.00 bits per heavy atom. The minimum Gasteiger partial charge on any atom is -0.496 e. The van der Waals surface area contributed by atoms with E-state index in [4.69, 9.17) is 10.5 Å². The van der Waals surface area contributed by atoms with Crippen LogP contribution in [0.25, 0.3) is 0 Å². The number of aryl methyl sites for hydroxylation is 1. The van der Waals surface area contributed by atoms with Crippen molar-refractivity contribution in [3.05, 3.63) is 52.0 Å². The number of carbonyl (C=O) groups excluding carboxylic acids is 1. The third kappa shape index (κ3) is 3.11. The molecule has 5 heteroatoms. The maximum absolute atomic E-state index is 12.2. The van der Waals surface area contributed by atoms with Crippen LogP contribution in [0.3, 0.4) is 0 Å². The number of nitrogen functional groups attached to an aromatic ring is 1. The van der Waals surface area contributed by atoms with E-state index in [1.165, 1.54) is 0 Å². The first-order chi connectivity index (χ1) is 9.51. The van der Waals surface area contributed by atoms with Gasteiger partial charge < -0.3 is 15.8 Å². The van der Waals surface area contributed by atoms with Crippen LogP contribution in [0.4, 0.5) is 11.4 Å². The fourth-order valence-electron chi connectivity index (χ4n) is 1.79. The number of carbonyl (C=O) groups is 1. The lowest BCUT2D eigenvalue weighted by atomic mass is 10.1. The SMILES string of the molecule is COc1cc(C(=O)Nc2cc(N)ccc2Br)ccc1C. The van der Waals surface area contributed by atoms with Crippen LogP contribution in [0.1, 0.15) is 15.9 Å². The Bertz CT molecular complexity index is 656. The number of hydrogen-bond donors (Lipinski definition) is 2. The van der Waals surface area contributed by atoms with Crippen molar-refractivity contribution < 1.29 is 9.53 Å².